The number of nitrogens with zero attached hydrogens (tertiary/aromatic N) is 2. The van der Waals surface area contributed by atoms with Gasteiger partial charge in [-0.3, -0.25) is 4.98 Å². The first kappa shape index (κ1) is 17.4. The molecule has 1 unspecified atom stereocenters. The van der Waals surface area contributed by atoms with E-state index in [1.165, 1.54) is 22.5 Å². The Balaban J connectivity index is 2.07. The minimum Gasteiger partial charge on any atom is -0.403 e. The summed E-state index contributed by atoms with van der Waals surface area (Å²) in [6.07, 6.45) is 3.00. The van der Waals surface area contributed by atoms with E-state index >= 15 is 0 Å². The van der Waals surface area contributed by atoms with E-state index in [1.807, 2.05) is 29.6 Å². The number of pyridine rings is 1. The van der Waals surface area contributed by atoms with Crippen LogP contribution in [-0.4, -0.2) is 9.99 Å². The SMILES string of the molecule is CC(C)C(c1ccc2c(F)c(-c3cccs3)ccc2n1)N(N)/C=C\N. The summed E-state index contributed by atoms with van der Waals surface area (Å²) >= 11 is 1.52. The van der Waals surface area contributed by atoms with E-state index in [0.29, 0.717) is 16.5 Å². The number of hydrazine groups is 1. The van der Waals surface area contributed by atoms with Crippen LogP contribution in [0.4, 0.5) is 4.39 Å². The third-order valence-electron chi connectivity index (χ3n) is 4.13. The van der Waals surface area contributed by atoms with Crippen LogP contribution in [0.5, 0.6) is 0 Å². The molecular formula is C19H21FN4S. The van der Waals surface area contributed by atoms with Crippen molar-refractivity contribution in [3.05, 3.63) is 65.7 Å². The Bertz CT molecular complexity index is 890. The summed E-state index contributed by atoms with van der Waals surface area (Å²) < 4.78 is 14.9. The van der Waals surface area contributed by atoms with Crippen LogP contribution in [0.25, 0.3) is 21.3 Å². The van der Waals surface area contributed by atoms with Gasteiger partial charge in [0.15, 0.2) is 0 Å². The summed E-state index contributed by atoms with van der Waals surface area (Å²) in [4.78, 5) is 5.56. The number of rotatable bonds is 5. The Kier molecular flexibility index (Phi) is 5.01. The molecular weight excluding hydrogens is 335 g/mol. The van der Waals surface area contributed by atoms with Gasteiger partial charge in [-0.15, -0.1) is 11.3 Å². The van der Waals surface area contributed by atoms with E-state index in [4.69, 9.17) is 11.6 Å². The molecule has 0 spiro atoms. The average Bonchev–Trinajstić information content (AvgIpc) is 3.09. The second kappa shape index (κ2) is 7.21. The molecule has 0 saturated heterocycles. The first-order chi connectivity index (χ1) is 12.0. The molecule has 0 radical (unpaired) electrons. The van der Waals surface area contributed by atoms with Crippen molar-refractivity contribution in [3.63, 3.8) is 0 Å². The lowest BCUT2D eigenvalue weighted by Crippen LogP contribution is -2.34. The minimum absolute atomic E-state index is 0.149. The van der Waals surface area contributed by atoms with E-state index in [2.05, 4.69) is 18.8 Å². The van der Waals surface area contributed by atoms with Gasteiger partial charge in [0.05, 0.1) is 17.3 Å². The number of thiophene rings is 1. The Labute approximate surface area is 150 Å². The zero-order chi connectivity index (χ0) is 18.0. The molecule has 2 aromatic heterocycles. The van der Waals surface area contributed by atoms with E-state index in [9.17, 15) is 4.39 Å². The summed E-state index contributed by atoms with van der Waals surface area (Å²) in [5, 5.41) is 3.99. The maximum absolute atomic E-state index is 14.9. The van der Waals surface area contributed by atoms with E-state index in [0.717, 1.165) is 10.6 Å². The van der Waals surface area contributed by atoms with Gasteiger partial charge in [0.25, 0.3) is 0 Å². The largest absolute Gasteiger partial charge is 0.403 e. The van der Waals surface area contributed by atoms with Crippen molar-refractivity contribution in [2.75, 3.05) is 0 Å². The number of halogens is 1. The average molecular weight is 356 g/mol. The normalized spacial score (nSPS) is 13.0. The fourth-order valence-corrected chi connectivity index (χ4v) is 3.75. The van der Waals surface area contributed by atoms with Crippen LogP contribution < -0.4 is 11.6 Å². The minimum atomic E-state index is -0.244. The van der Waals surface area contributed by atoms with Gasteiger partial charge in [0.1, 0.15) is 5.82 Å². The fourth-order valence-electron chi connectivity index (χ4n) is 3.00. The Morgan fingerprint density at radius 2 is 2.00 bits per heavy atom. The van der Waals surface area contributed by atoms with E-state index in [1.54, 1.807) is 18.3 Å². The van der Waals surface area contributed by atoms with Gasteiger partial charge in [-0.25, -0.2) is 10.2 Å². The molecule has 4 nitrogen and oxygen atoms in total. The van der Waals surface area contributed by atoms with Crippen LogP contribution in [0.2, 0.25) is 0 Å². The number of fused-ring (bicyclic) bond motifs is 1. The quantitative estimate of drug-likeness (QED) is 0.525. The van der Waals surface area contributed by atoms with Crippen molar-refractivity contribution in [1.82, 2.24) is 9.99 Å². The highest BCUT2D eigenvalue weighted by Crippen LogP contribution is 2.33. The van der Waals surface area contributed by atoms with Crippen molar-refractivity contribution in [2.24, 2.45) is 17.5 Å². The van der Waals surface area contributed by atoms with Crippen LogP contribution >= 0.6 is 11.3 Å². The van der Waals surface area contributed by atoms with Crippen molar-refractivity contribution in [1.29, 1.82) is 0 Å². The van der Waals surface area contributed by atoms with Gasteiger partial charge in [-0.2, -0.15) is 0 Å². The summed E-state index contributed by atoms with van der Waals surface area (Å²) in [5.41, 5.74) is 7.45. The number of benzene rings is 1. The van der Waals surface area contributed by atoms with Crippen LogP contribution in [-0.2, 0) is 0 Å². The van der Waals surface area contributed by atoms with Gasteiger partial charge in [0.2, 0.25) is 0 Å². The number of nitrogens with two attached hydrogens (primary N) is 2. The van der Waals surface area contributed by atoms with Crippen molar-refractivity contribution in [2.45, 2.75) is 19.9 Å². The van der Waals surface area contributed by atoms with Crippen LogP contribution in [0.3, 0.4) is 0 Å². The maximum atomic E-state index is 14.9. The lowest BCUT2D eigenvalue weighted by atomic mass is 9.98. The maximum Gasteiger partial charge on any atom is 0.141 e. The molecule has 0 aliphatic carbocycles. The molecule has 1 atom stereocenters. The molecule has 0 amide bonds. The summed E-state index contributed by atoms with van der Waals surface area (Å²) in [5.74, 6) is 6.04. The molecule has 3 rings (SSSR count). The fraction of sp³-hybridized carbons (Fsp3) is 0.211. The predicted molar refractivity (Wildman–Crippen MR) is 102 cm³/mol. The topological polar surface area (TPSA) is 68.2 Å². The molecule has 0 aliphatic heterocycles. The van der Waals surface area contributed by atoms with Crippen molar-refractivity contribution < 1.29 is 4.39 Å². The van der Waals surface area contributed by atoms with Crippen LogP contribution in [0.15, 0.2) is 54.2 Å². The summed E-state index contributed by atoms with van der Waals surface area (Å²) in [6.45, 7) is 4.11. The second-order valence-electron chi connectivity index (χ2n) is 6.18. The van der Waals surface area contributed by atoms with Gasteiger partial charge >= 0.3 is 0 Å². The second-order valence-corrected chi connectivity index (χ2v) is 7.13. The Morgan fingerprint density at radius 1 is 1.20 bits per heavy atom. The highest BCUT2D eigenvalue weighted by molar-refractivity contribution is 7.13. The zero-order valence-electron chi connectivity index (χ0n) is 14.2. The van der Waals surface area contributed by atoms with Crippen LogP contribution in [0, 0.1) is 11.7 Å². The van der Waals surface area contributed by atoms with Gasteiger partial charge in [0, 0.05) is 28.2 Å². The third kappa shape index (κ3) is 3.36. The highest BCUT2D eigenvalue weighted by Gasteiger charge is 2.22. The van der Waals surface area contributed by atoms with Crippen molar-refractivity contribution in [3.8, 4) is 10.4 Å². The smallest absolute Gasteiger partial charge is 0.141 e. The Hall–Kier alpha value is -2.44. The first-order valence-corrected chi connectivity index (χ1v) is 8.95. The van der Waals surface area contributed by atoms with Gasteiger partial charge in [-0.1, -0.05) is 19.9 Å². The molecule has 6 heteroatoms. The zero-order valence-corrected chi connectivity index (χ0v) is 15.0. The molecule has 4 N–H and O–H groups in total. The van der Waals surface area contributed by atoms with E-state index < -0.39 is 0 Å². The molecule has 0 aliphatic rings. The predicted octanol–water partition coefficient (Wildman–Crippen LogP) is 4.41. The molecule has 3 aromatic rings. The lowest BCUT2D eigenvalue weighted by Gasteiger charge is -2.29. The van der Waals surface area contributed by atoms with E-state index in [-0.39, 0.29) is 17.8 Å². The molecule has 25 heavy (non-hydrogen) atoms. The molecule has 0 bridgehead atoms. The standard InChI is InChI=1S/C19H21FN4S/c1-12(2)19(24(22)10-9-21)16-8-5-13-15(23-16)7-6-14(18(13)20)17-4-3-11-25-17/h3-12,19H,21-22H2,1-2H3/b10-9-. The Morgan fingerprint density at radius 3 is 2.64 bits per heavy atom. The summed E-state index contributed by atoms with van der Waals surface area (Å²) in [7, 11) is 0. The molecule has 130 valence electrons. The number of aromatic nitrogens is 1. The number of hydrogen-bond acceptors (Lipinski definition) is 5. The third-order valence-corrected chi connectivity index (χ3v) is 5.03. The molecule has 0 fully saturated rings. The molecule has 2 heterocycles. The van der Waals surface area contributed by atoms with Gasteiger partial charge in [-0.05, 0) is 41.6 Å². The molecule has 1 aromatic carbocycles. The highest BCUT2D eigenvalue weighted by atomic mass is 32.1. The van der Waals surface area contributed by atoms with Gasteiger partial charge < -0.3 is 10.7 Å². The number of hydrogen-bond donors (Lipinski definition) is 2. The lowest BCUT2D eigenvalue weighted by molar-refractivity contribution is 0.222. The first-order valence-electron chi connectivity index (χ1n) is 8.07. The molecule has 0 saturated carbocycles. The van der Waals surface area contributed by atoms with Crippen LogP contribution in [0.1, 0.15) is 25.6 Å². The monoisotopic (exact) mass is 356 g/mol. The van der Waals surface area contributed by atoms with Crippen molar-refractivity contribution >= 4 is 22.2 Å². The summed E-state index contributed by atoms with van der Waals surface area (Å²) in [6, 6.07) is 10.9.